The van der Waals surface area contributed by atoms with Gasteiger partial charge < -0.3 is 14.8 Å². The molecular weight excluding hydrogens is 330 g/mol. The molecule has 0 aliphatic rings. The molecule has 0 aliphatic heterocycles. The van der Waals surface area contributed by atoms with Crippen LogP contribution in [0.15, 0.2) is 46.9 Å². The molecule has 0 amide bonds. The fraction of sp³-hybridized carbons (Fsp3) is 0.294. The number of hydrogen-bond acceptors (Lipinski definition) is 3. The highest BCUT2D eigenvalue weighted by molar-refractivity contribution is 9.10. The Kier molecular flexibility index (Phi) is 5.51. The average molecular weight is 350 g/mol. The van der Waals surface area contributed by atoms with Gasteiger partial charge in [-0.1, -0.05) is 35.0 Å². The standard InChI is InChI=1S/C17H20BrNO2/c1-4-17(12-5-7-13(18)8-6-12)19-14-9-15(20-2)11-16(10-14)21-3/h5-11,17,19H,4H2,1-3H3. The van der Waals surface area contributed by atoms with Gasteiger partial charge in [0.1, 0.15) is 11.5 Å². The number of rotatable bonds is 6. The Morgan fingerprint density at radius 3 is 2.05 bits per heavy atom. The minimum Gasteiger partial charge on any atom is -0.497 e. The van der Waals surface area contributed by atoms with E-state index in [0.29, 0.717) is 0 Å². The van der Waals surface area contributed by atoms with Crippen LogP contribution in [0.25, 0.3) is 0 Å². The van der Waals surface area contributed by atoms with Crippen LogP contribution in [-0.2, 0) is 0 Å². The number of halogens is 1. The molecule has 0 saturated carbocycles. The van der Waals surface area contributed by atoms with E-state index in [0.717, 1.165) is 28.1 Å². The van der Waals surface area contributed by atoms with Gasteiger partial charge in [-0.3, -0.25) is 0 Å². The van der Waals surface area contributed by atoms with Crippen LogP contribution in [0.3, 0.4) is 0 Å². The van der Waals surface area contributed by atoms with Gasteiger partial charge in [-0.25, -0.2) is 0 Å². The van der Waals surface area contributed by atoms with E-state index in [2.05, 4.69) is 52.4 Å². The molecule has 112 valence electrons. The summed E-state index contributed by atoms with van der Waals surface area (Å²) >= 11 is 3.47. The summed E-state index contributed by atoms with van der Waals surface area (Å²) in [5.41, 5.74) is 2.24. The Labute approximate surface area is 134 Å². The lowest BCUT2D eigenvalue weighted by atomic mass is 10.0. The van der Waals surface area contributed by atoms with Gasteiger partial charge in [-0.05, 0) is 24.1 Å². The van der Waals surface area contributed by atoms with Crippen molar-refractivity contribution in [1.82, 2.24) is 0 Å². The second kappa shape index (κ2) is 7.36. The molecule has 0 bridgehead atoms. The summed E-state index contributed by atoms with van der Waals surface area (Å²) in [5.74, 6) is 1.56. The summed E-state index contributed by atoms with van der Waals surface area (Å²) in [6.45, 7) is 2.16. The van der Waals surface area contributed by atoms with Gasteiger partial charge >= 0.3 is 0 Å². The number of benzene rings is 2. The van der Waals surface area contributed by atoms with Gasteiger partial charge in [0.05, 0.1) is 20.3 Å². The van der Waals surface area contributed by atoms with Crippen LogP contribution in [0.2, 0.25) is 0 Å². The maximum atomic E-state index is 5.31. The van der Waals surface area contributed by atoms with Crippen molar-refractivity contribution in [2.45, 2.75) is 19.4 Å². The van der Waals surface area contributed by atoms with Crippen LogP contribution < -0.4 is 14.8 Å². The Morgan fingerprint density at radius 2 is 1.57 bits per heavy atom. The minimum atomic E-state index is 0.245. The fourth-order valence-electron chi connectivity index (χ4n) is 2.21. The van der Waals surface area contributed by atoms with E-state index in [4.69, 9.17) is 9.47 Å². The zero-order chi connectivity index (χ0) is 15.2. The first-order chi connectivity index (χ1) is 10.2. The summed E-state index contributed by atoms with van der Waals surface area (Å²) < 4.78 is 11.7. The number of nitrogens with one attached hydrogen (secondary N) is 1. The molecule has 0 aliphatic carbocycles. The Morgan fingerprint density at radius 1 is 1.00 bits per heavy atom. The molecule has 2 aromatic carbocycles. The number of hydrogen-bond donors (Lipinski definition) is 1. The Hall–Kier alpha value is -1.68. The normalized spacial score (nSPS) is 11.8. The van der Waals surface area contributed by atoms with Crippen molar-refractivity contribution in [2.75, 3.05) is 19.5 Å². The monoisotopic (exact) mass is 349 g/mol. The topological polar surface area (TPSA) is 30.5 Å². The van der Waals surface area contributed by atoms with E-state index in [1.165, 1.54) is 5.56 Å². The van der Waals surface area contributed by atoms with Gasteiger partial charge in [0.25, 0.3) is 0 Å². The smallest absolute Gasteiger partial charge is 0.124 e. The second-order valence-corrected chi connectivity index (χ2v) is 5.67. The van der Waals surface area contributed by atoms with Gasteiger partial charge in [-0.15, -0.1) is 0 Å². The SMILES string of the molecule is CCC(Nc1cc(OC)cc(OC)c1)c1ccc(Br)cc1. The van der Waals surface area contributed by atoms with Gasteiger partial charge in [0.2, 0.25) is 0 Å². The van der Waals surface area contributed by atoms with E-state index < -0.39 is 0 Å². The Balaban J connectivity index is 2.23. The van der Waals surface area contributed by atoms with E-state index in [9.17, 15) is 0 Å². The molecule has 2 aromatic rings. The molecule has 4 heteroatoms. The van der Waals surface area contributed by atoms with Crippen molar-refractivity contribution >= 4 is 21.6 Å². The number of anilines is 1. The lowest BCUT2D eigenvalue weighted by Crippen LogP contribution is -2.09. The van der Waals surface area contributed by atoms with E-state index in [1.54, 1.807) is 14.2 Å². The highest BCUT2D eigenvalue weighted by Gasteiger charge is 2.10. The van der Waals surface area contributed by atoms with Gasteiger partial charge in [0.15, 0.2) is 0 Å². The van der Waals surface area contributed by atoms with Crippen LogP contribution in [0.5, 0.6) is 11.5 Å². The maximum absolute atomic E-state index is 5.31. The average Bonchev–Trinajstić information content (AvgIpc) is 2.53. The molecule has 2 rings (SSSR count). The van der Waals surface area contributed by atoms with Crippen LogP contribution >= 0.6 is 15.9 Å². The van der Waals surface area contributed by atoms with Gasteiger partial charge in [-0.2, -0.15) is 0 Å². The summed E-state index contributed by atoms with van der Waals surface area (Å²) in [7, 11) is 3.31. The molecule has 0 aromatic heterocycles. The molecule has 0 spiro atoms. The zero-order valence-corrected chi connectivity index (χ0v) is 14.1. The molecule has 1 N–H and O–H groups in total. The largest absolute Gasteiger partial charge is 0.497 e. The van der Waals surface area contributed by atoms with Crippen molar-refractivity contribution in [3.63, 3.8) is 0 Å². The van der Waals surface area contributed by atoms with Crippen molar-refractivity contribution in [2.24, 2.45) is 0 Å². The first kappa shape index (κ1) is 15.7. The predicted octanol–water partition coefficient (Wildman–Crippen LogP) is 5.03. The van der Waals surface area contributed by atoms with Crippen molar-refractivity contribution in [3.8, 4) is 11.5 Å². The van der Waals surface area contributed by atoms with E-state index in [1.807, 2.05) is 18.2 Å². The van der Waals surface area contributed by atoms with Crippen LogP contribution in [0.4, 0.5) is 5.69 Å². The van der Waals surface area contributed by atoms with Crippen molar-refractivity contribution in [1.29, 1.82) is 0 Å². The molecule has 1 unspecified atom stereocenters. The molecule has 21 heavy (non-hydrogen) atoms. The molecule has 0 heterocycles. The van der Waals surface area contributed by atoms with E-state index >= 15 is 0 Å². The molecule has 0 radical (unpaired) electrons. The third-order valence-electron chi connectivity index (χ3n) is 3.37. The summed E-state index contributed by atoms with van der Waals surface area (Å²) in [6, 6.07) is 14.4. The van der Waals surface area contributed by atoms with E-state index in [-0.39, 0.29) is 6.04 Å². The summed E-state index contributed by atoms with van der Waals surface area (Å²) in [4.78, 5) is 0. The second-order valence-electron chi connectivity index (χ2n) is 4.76. The highest BCUT2D eigenvalue weighted by atomic mass is 79.9. The first-order valence-electron chi connectivity index (χ1n) is 6.91. The summed E-state index contributed by atoms with van der Waals surface area (Å²) in [6.07, 6.45) is 0.987. The third kappa shape index (κ3) is 4.14. The van der Waals surface area contributed by atoms with Crippen molar-refractivity contribution < 1.29 is 9.47 Å². The Bertz CT molecular complexity index is 562. The lowest BCUT2D eigenvalue weighted by Gasteiger charge is -2.20. The molecule has 1 atom stereocenters. The first-order valence-corrected chi connectivity index (χ1v) is 7.70. The highest BCUT2D eigenvalue weighted by Crippen LogP contribution is 2.30. The summed E-state index contributed by atoms with van der Waals surface area (Å²) in [5, 5.41) is 3.54. The quantitative estimate of drug-likeness (QED) is 0.793. The van der Waals surface area contributed by atoms with Gasteiger partial charge in [0, 0.05) is 28.4 Å². The van der Waals surface area contributed by atoms with Crippen LogP contribution in [-0.4, -0.2) is 14.2 Å². The number of ether oxygens (including phenoxy) is 2. The van der Waals surface area contributed by atoms with Crippen LogP contribution in [0, 0.1) is 0 Å². The molecular formula is C17H20BrNO2. The molecule has 0 saturated heterocycles. The lowest BCUT2D eigenvalue weighted by molar-refractivity contribution is 0.394. The van der Waals surface area contributed by atoms with Crippen molar-refractivity contribution in [3.05, 3.63) is 52.5 Å². The predicted molar refractivity (Wildman–Crippen MR) is 90.3 cm³/mol. The van der Waals surface area contributed by atoms with Crippen LogP contribution in [0.1, 0.15) is 24.9 Å². The molecule has 3 nitrogen and oxygen atoms in total. The zero-order valence-electron chi connectivity index (χ0n) is 12.5. The molecule has 0 fully saturated rings. The fourth-order valence-corrected chi connectivity index (χ4v) is 2.47. The third-order valence-corrected chi connectivity index (χ3v) is 3.90. The minimum absolute atomic E-state index is 0.245. The maximum Gasteiger partial charge on any atom is 0.124 e. The number of methoxy groups -OCH3 is 2.